The van der Waals surface area contributed by atoms with Gasteiger partial charge in [-0.05, 0) is 24.1 Å². The van der Waals surface area contributed by atoms with Crippen molar-refractivity contribution in [1.82, 2.24) is 19.9 Å². The number of alkyl halides is 6. The zero-order chi connectivity index (χ0) is 29.6. The monoisotopic (exact) mass is 586 g/mol. The normalized spacial score (nSPS) is 18.2. The Hall–Kier alpha value is -4.04. The number of rotatable bonds is 9. The van der Waals surface area contributed by atoms with Crippen molar-refractivity contribution >= 4 is 17.6 Å². The molecule has 0 bridgehead atoms. The Morgan fingerprint density at radius 2 is 1.66 bits per heavy atom. The molecule has 0 radical (unpaired) electrons. The molecular formula is C26H28F6N6O3. The highest BCUT2D eigenvalue weighted by Crippen LogP contribution is 2.30. The van der Waals surface area contributed by atoms with Crippen LogP contribution in [-0.2, 0) is 22.1 Å². The van der Waals surface area contributed by atoms with Crippen LogP contribution in [0.2, 0.25) is 0 Å². The number of hydrazone groups is 1. The lowest BCUT2D eigenvalue weighted by molar-refractivity contribution is -0.138. The maximum absolute atomic E-state index is 13.3. The van der Waals surface area contributed by atoms with Crippen molar-refractivity contribution in [2.24, 2.45) is 5.10 Å². The Bertz CT molecular complexity index is 1230. The van der Waals surface area contributed by atoms with Gasteiger partial charge in [-0.2, -0.15) is 31.4 Å². The smallest absolute Gasteiger partial charge is 0.431 e. The minimum absolute atomic E-state index is 0.0105. The molecule has 1 amide bonds. The number of carbonyl (C=O) groups excluding carboxylic acids is 1. The lowest BCUT2D eigenvalue weighted by atomic mass is 10.0. The number of anilines is 1. The molecule has 2 aliphatic heterocycles. The maximum atomic E-state index is 13.3. The zero-order valence-corrected chi connectivity index (χ0v) is 22.0. The molecule has 0 aliphatic carbocycles. The Morgan fingerprint density at radius 3 is 2.24 bits per heavy atom. The summed E-state index contributed by atoms with van der Waals surface area (Å²) in [6, 6.07) is 6.58. The summed E-state index contributed by atoms with van der Waals surface area (Å²) in [6.45, 7) is 1.35. The van der Waals surface area contributed by atoms with Crippen molar-refractivity contribution < 1.29 is 40.6 Å². The lowest BCUT2D eigenvalue weighted by Gasteiger charge is -2.34. The molecule has 41 heavy (non-hydrogen) atoms. The molecule has 1 unspecified atom stereocenters. The zero-order valence-electron chi connectivity index (χ0n) is 22.0. The minimum Gasteiger partial charge on any atom is -0.499 e. The molecule has 2 aromatic rings. The summed E-state index contributed by atoms with van der Waals surface area (Å²) in [5.41, 5.74) is -0.941. The van der Waals surface area contributed by atoms with Crippen LogP contribution in [0.5, 0.6) is 5.75 Å². The van der Waals surface area contributed by atoms with E-state index in [9.17, 15) is 31.1 Å². The van der Waals surface area contributed by atoms with Crippen molar-refractivity contribution in [3.05, 3.63) is 60.1 Å². The first-order valence-corrected chi connectivity index (χ1v) is 12.7. The molecule has 0 N–H and O–H groups in total. The second kappa shape index (κ2) is 12.6. The number of nitrogens with zero attached hydrogens (tertiary/aromatic N) is 6. The van der Waals surface area contributed by atoms with Gasteiger partial charge in [-0.15, -0.1) is 0 Å². The molecule has 0 spiro atoms. The molecule has 15 heteroatoms. The van der Waals surface area contributed by atoms with Crippen molar-refractivity contribution in [3.8, 4) is 5.75 Å². The van der Waals surface area contributed by atoms with Crippen LogP contribution in [0.25, 0.3) is 0 Å². The van der Waals surface area contributed by atoms with Gasteiger partial charge in [0.2, 0.25) is 11.9 Å². The van der Waals surface area contributed by atoms with E-state index in [1.807, 2.05) is 0 Å². The van der Waals surface area contributed by atoms with Crippen LogP contribution < -0.4 is 9.64 Å². The van der Waals surface area contributed by atoms with Crippen LogP contribution in [0.1, 0.15) is 17.5 Å². The molecule has 1 aromatic carbocycles. The van der Waals surface area contributed by atoms with Gasteiger partial charge in [-0.25, -0.2) is 9.97 Å². The number of piperazine rings is 1. The first-order valence-electron chi connectivity index (χ1n) is 12.7. The van der Waals surface area contributed by atoms with E-state index in [4.69, 9.17) is 9.47 Å². The fraction of sp³-hybridized carbons (Fsp3) is 0.462. The number of carbonyl (C=O) groups is 1. The van der Waals surface area contributed by atoms with Crippen molar-refractivity contribution in [3.63, 3.8) is 0 Å². The molecule has 1 aromatic heterocycles. The van der Waals surface area contributed by atoms with Gasteiger partial charge in [-0.3, -0.25) is 9.80 Å². The fourth-order valence-corrected chi connectivity index (χ4v) is 4.41. The van der Waals surface area contributed by atoms with E-state index in [0.29, 0.717) is 38.3 Å². The van der Waals surface area contributed by atoms with E-state index >= 15 is 0 Å². The summed E-state index contributed by atoms with van der Waals surface area (Å²) in [4.78, 5) is 23.2. The van der Waals surface area contributed by atoms with E-state index in [2.05, 4.69) is 15.1 Å². The second-order valence-corrected chi connectivity index (χ2v) is 9.37. The highest BCUT2D eigenvalue weighted by Gasteiger charge is 2.42. The summed E-state index contributed by atoms with van der Waals surface area (Å²) >= 11 is 0. The largest absolute Gasteiger partial charge is 0.499 e. The van der Waals surface area contributed by atoms with Gasteiger partial charge in [0.15, 0.2) is 0 Å². The van der Waals surface area contributed by atoms with Gasteiger partial charge in [0.1, 0.15) is 18.1 Å². The van der Waals surface area contributed by atoms with E-state index < -0.39 is 29.7 Å². The Balaban J connectivity index is 1.23. The standard InChI is InChI=1S/C26H28F6N6O3/c1-40-21-4-2-18(3-5-21)14-20-15-22(26(30,31)32)35-38(20)11-13-41-12-6-23(39)36-7-9-37(10-8-36)24-33-16-19(17-34-24)25(27,28)29/h2-6,12,16-17,20H,7-11,13-15H2,1H3/b12-6+. The first-order chi connectivity index (χ1) is 19.4. The summed E-state index contributed by atoms with van der Waals surface area (Å²) in [5, 5.41) is 5.14. The number of aromatic nitrogens is 2. The van der Waals surface area contributed by atoms with Crippen LogP contribution in [0.4, 0.5) is 32.3 Å². The van der Waals surface area contributed by atoms with Crippen LogP contribution in [0, 0.1) is 0 Å². The maximum Gasteiger partial charge on any atom is 0.431 e. The van der Waals surface area contributed by atoms with E-state index in [1.54, 1.807) is 29.2 Å². The molecule has 2 aliphatic rings. The highest BCUT2D eigenvalue weighted by molar-refractivity contribution is 5.91. The summed E-state index contributed by atoms with van der Waals surface area (Å²) in [5.74, 6) is 0.454. The van der Waals surface area contributed by atoms with Crippen molar-refractivity contribution in [1.29, 1.82) is 0 Å². The number of methoxy groups -OCH3 is 1. The predicted octanol–water partition coefficient (Wildman–Crippen LogP) is 3.92. The lowest BCUT2D eigenvalue weighted by Crippen LogP contribution is -2.48. The number of hydrogen-bond acceptors (Lipinski definition) is 8. The summed E-state index contributed by atoms with van der Waals surface area (Å²) in [6.07, 6.45) is -5.09. The van der Waals surface area contributed by atoms with Gasteiger partial charge < -0.3 is 19.3 Å². The third kappa shape index (κ3) is 8.01. The molecule has 9 nitrogen and oxygen atoms in total. The Kier molecular flexibility index (Phi) is 9.23. The number of hydrogen-bond donors (Lipinski definition) is 0. The fourth-order valence-electron chi connectivity index (χ4n) is 4.41. The number of benzene rings is 1. The molecule has 3 heterocycles. The first kappa shape index (κ1) is 29.9. The summed E-state index contributed by atoms with van der Waals surface area (Å²) in [7, 11) is 1.53. The number of amides is 1. The number of ether oxygens (including phenoxy) is 2. The van der Waals surface area contributed by atoms with Crippen molar-refractivity contribution in [2.45, 2.75) is 31.2 Å². The minimum atomic E-state index is -4.53. The van der Waals surface area contributed by atoms with Crippen LogP contribution >= 0.6 is 0 Å². The third-order valence-electron chi connectivity index (χ3n) is 6.64. The topological polar surface area (TPSA) is 83.4 Å². The quantitative estimate of drug-likeness (QED) is 0.191. The average Bonchev–Trinajstić information content (AvgIpc) is 3.36. The van der Waals surface area contributed by atoms with Gasteiger partial charge in [0.25, 0.3) is 0 Å². The average molecular weight is 587 g/mol. The Morgan fingerprint density at radius 1 is 1.00 bits per heavy atom. The predicted molar refractivity (Wildman–Crippen MR) is 136 cm³/mol. The molecule has 222 valence electrons. The van der Waals surface area contributed by atoms with Gasteiger partial charge >= 0.3 is 12.4 Å². The van der Waals surface area contributed by atoms with E-state index in [1.165, 1.54) is 29.4 Å². The number of halogens is 6. The molecule has 1 atom stereocenters. The molecular weight excluding hydrogens is 558 g/mol. The summed E-state index contributed by atoms with van der Waals surface area (Å²) < 4.78 is 88.6. The SMILES string of the molecule is COc1ccc(CC2CC(C(F)(F)F)=NN2CCO/C=C/C(=O)N2CCN(c3ncc(C(F)(F)F)cn3)CC2)cc1. The van der Waals surface area contributed by atoms with E-state index in [-0.39, 0.29) is 31.4 Å². The molecule has 4 rings (SSSR count). The van der Waals surface area contributed by atoms with Gasteiger partial charge in [-0.1, -0.05) is 12.1 Å². The Labute approximate surface area is 232 Å². The second-order valence-electron chi connectivity index (χ2n) is 9.37. The van der Waals surface area contributed by atoms with Crippen LogP contribution in [0.15, 0.2) is 54.1 Å². The van der Waals surface area contributed by atoms with Crippen molar-refractivity contribution in [2.75, 3.05) is 51.3 Å². The third-order valence-corrected chi connectivity index (χ3v) is 6.64. The van der Waals surface area contributed by atoms with Crippen LogP contribution in [-0.4, -0.2) is 90.2 Å². The van der Waals surface area contributed by atoms with E-state index in [0.717, 1.165) is 18.0 Å². The molecule has 0 saturated carbocycles. The van der Waals surface area contributed by atoms with Crippen LogP contribution in [0.3, 0.4) is 0 Å². The van der Waals surface area contributed by atoms with Gasteiger partial charge in [0.05, 0.1) is 31.5 Å². The molecule has 1 fully saturated rings. The molecule has 1 saturated heterocycles. The highest BCUT2D eigenvalue weighted by atomic mass is 19.4. The van der Waals surface area contributed by atoms with Gasteiger partial charge in [0, 0.05) is 51.1 Å².